The molecule has 5 heteroatoms. The maximum atomic E-state index is 12.1. The van der Waals surface area contributed by atoms with E-state index in [1.165, 1.54) is 0 Å². The van der Waals surface area contributed by atoms with Gasteiger partial charge in [0.1, 0.15) is 6.04 Å². The molecule has 4 N–H and O–H groups in total. The Morgan fingerprint density at radius 1 is 1.14 bits per heavy atom. The lowest BCUT2D eigenvalue weighted by Gasteiger charge is -2.17. The number of hydrogen-bond acceptors (Lipinski definition) is 2. The molecule has 0 saturated heterocycles. The second-order valence-corrected chi connectivity index (χ2v) is 6.12. The SMILES string of the molecule is C[C@@H]([NH2+][C@H](C)c1ccccc1)C(=O)NC(=O)NC1CCCC1. The van der Waals surface area contributed by atoms with E-state index < -0.39 is 0 Å². The number of carbonyl (C=O) groups excluding carboxylic acids is 2. The van der Waals surface area contributed by atoms with Crippen molar-refractivity contribution in [3.63, 3.8) is 0 Å². The number of nitrogens with one attached hydrogen (secondary N) is 2. The van der Waals surface area contributed by atoms with Gasteiger partial charge in [-0.2, -0.15) is 0 Å². The standard InChI is InChI=1S/C17H25N3O2/c1-12(14-8-4-3-5-9-14)18-13(2)16(21)20-17(22)19-15-10-6-7-11-15/h3-5,8-9,12-13,15,18H,6-7,10-11H2,1-2H3,(H2,19,20,21,22)/p+1/t12-,13-/m1/s1. The van der Waals surface area contributed by atoms with Gasteiger partial charge in [-0.15, -0.1) is 0 Å². The lowest BCUT2D eigenvalue weighted by Crippen LogP contribution is -2.92. The van der Waals surface area contributed by atoms with Gasteiger partial charge in [-0.3, -0.25) is 10.1 Å². The molecule has 5 nitrogen and oxygen atoms in total. The summed E-state index contributed by atoms with van der Waals surface area (Å²) < 4.78 is 0. The fraction of sp³-hybridized carbons (Fsp3) is 0.529. The molecule has 0 aromatic heterocycles. The molecule has 1 aliphatic rings. The van der Waals surface area contributed by atoms with Crippen molar-refractivity contribution in [2.75, 3.05) is 0 Å². The zero-order valence-corrected chi connectivity index (χ0v) is 13.3. The summed E-state index contributed by atoms with van der Waals surface area (Å²) in [5.74, 6) is -0.252. The van der Waals surface area contributed by atoms with Crippen molar-refractivity contribution in [3.05, 3.63) is 35.9 Å². The highest BCUT2D eigenvalue weighted by Gasteiger charge is 2.23. The maximum Gasteiger partial charge on any atom is 0.321 e. The Hall–Kier alpha value is -1.88. The summed E-state index contributed by atoms with van der Waals surface area (Å²) in [6.07, 6.45) is 4.32. The third-order valence-electron chi connectivity index (χ3n) is 4.24. The first kappa shape index (κ1) is 16.5. The van der Waals surface area contributed by atoms with Crippen molar-refractivity contribution in [2.24, 2.45) is 0 Å². The zero-order chi connectivity index (χ0) is 15.9. The highest BCUT2D eigenvalue weighted by molar-refractivity contribution is 5.96. The van der Waals surface area contributed by atoms with Gasteiger partial charge in [-0.1, -0.05) is 43.2 Å². The summed E-state index contributed by atoms with van der Waals surface area (Å²) in [5.41, 5.74) is 1.16. The Kier molecular flexibility index (Phi) is 5.95. The van der Waals surface area contributed by atoms with Crippen LogP contribution in [0.25, 0.3) is 0 Å². The van der Waals surface area contributed by atoms with Crippen molar-refractivity contribution < 1.29 is 14.9 Å². The van der Waals surface area contributed by atoms with Gasteiger partial charge in [-0.05, 0) is 26.7 Å². The van der Waals surface area contributed by atoms with Gasteiger partial charge in [0.2, 0.25) is 0 Å². The molecule has 0 radical (unpaired) electrons. The average molecular weight is 304 g/mol. The van der Waals surface area contributed by atoms with Crippen LogP contribution in [0, 0.1) is 0 Å². The minimum Gasteiger partial charge on any atom is -0.335 e. The molecule has 1 aromatic carbocycles. The van der Waals surface area contributed by atoms with Gasteiger partial charge >= 0.3 is 6.03 Å². The van der Waals surface area contributed by atoms with E-state index in [1.54, 1.807) is 0 Å². The number of urea groups is 1. The molecule has 0 unspecified atom stereocenters. The first-order valence-corrected chi connectivity index (χ1v) is 8.07. The van der Waals surface area contributed by atoms with E-state index >= 15 is 0 Å². The van der Waals surface area contributed by atoms with Crippen LogP contribution in [0.15, 0.2) is 30.3 Å². The van der Waals surface area contributed by atoms with Crippen molar-refractivity contribution in [1.29, 1.82) is 0 Å². The van der Waals surface area contributed by atoms with Gasteiger partial charge < -0.3 is 10.6 Å². The molecule has 0 aliphatic heterocycles. The monoisotopic (exact) mass is 304 g/mol. The summed E-state index contributed by atoms with van der Waals surface area (Å²) in [5, 5.41) is 7.27. The average Bonchev–Trinajstić information content (AvgIpc) is 3.00. The molecule has 1 aromatic rings. The van der Waals surface area contributed by atoms with Gasteiger partial charge in [-0.25, -0.2) is 4.79 Å². The zero-order valence-electron chi connectivity index (χ0n) is 13.3. The van der Waals surface area contributed by atoms with Gasteiger partial charge in [0.15, 0.2) is 6.04 Å². The lowest BCUT2D eigenvalue weighted by atomic mass is 10.1. The molecule has 0 spiro atoms. The van der Waals surface area contributed by atoms with Crippen molar-refractivity contribution >= 4 is 11.9 Å². The molecular weight excluding hydrogens is 278 g/mol. The van der Waals surface area contributed by atoms with Gasteiger partial charge in [0.05, 0.1) is 0 Å². The first-order valence-electron chi connectivity index (χ1n) is 8.07. The van der Waals surface area contributed by atoms with Crippen LogP contribution in [0.4, 0.5) is 4.79 Å². The fourth-order valence-corrected chi connectivity index (χ4v) is 2.91. The molecule has 0 heterocycles. The topological polar surface area (TPSA) is 74.8 Å². The summed E-state index contributed by atoms with van der Waals surface area (Å²) in [6, 6.07) is 9.72. The Bertz CT molecular complexity index is 498. The Balaban J connectivity index is 1.77. The van der Waals surface area contributed by atoms with E-state index in [0.717, 1.165) is 31.2 Å². The molecule has 3 amide bonds. The molecule has 2 rings (SSSR count). The van der Waals surface area contributed by atoms with Crippen LogP contribution in [0.1, 0.15) is 51.1 Å². The van der Waals surface area contributed by atoms with E-state index in [9.17, 15) is 9.59 Å². The smallest absolute Gasteiger partial charge is 0.321 e. The predicted molar refractivity (Wildman–Crippen MR) is 85.2 cm³/mol. The molecule has 120 valence electrons. The summed E-state index contributed by atoms with van der Waals surface area (Å²) in [4.78, 5) is 23.9. The van der Waals surface area contributed by atoms with Crippen LogP contribution >= 0.6 is 0 Å². The number of amides is 3. The predicted octanol–water partition coefficient (Wildman–Crippen LogP) is 1.47. The Morgan fingerprint density at radius 3 is 2.41 bits per heavy atom. The Morgan fingerprint density at radius 2 is 1.77 bits per heavy atom. The minimum atomic E-state index is -0.371. The molecule has 22 heavy (non-hydrogen) atoms. The van der Waals surface area contributed by atoms with Crippen LogP contribution < -0.4 is 16.0 Å². The normalized spacial score (nSPS) is 17.7. The summed E-state index contributed by atoms with van der Waals surface area (Å²) in [7, 11) is 0. The largest absolute Gasteiger partial charge is 0.335 e. The van der Waals surface area contributed by atoms with Gasteiger partial charge in [0.25, 0.3) is 5.91 Å². The molecule has 1 saturated carbocycles. The fourth-order valence-electron chi connectivity index (χ4n) is 2.91. The highest BCUT2D eigenvalue weighted by Crippen LogP contribution is 2.17. The van der Waals surface area contributed by atoms with E-state index in [1.807, 2.05) is 42.6 Å². The quantitative estimate of drug-likeness (QED) is 0.770. The summed E-state index contributed by atoms with van der Waals surface area (Å²) in [6.45, 7) is 3.87. The van der Waals surface area contributed by atoms with Crippen LogP contribution in [-0.2, 0) is 4.79 Å². The third kappa shape index (κ3) is 4.84. The van der Waals surface area contributed by atoms with E-state index in [4.69, 9.17) is 0 Å². The third-order valence-corrected chi connectivity index (χ3v) is 4.24. The second kappa shape index (κ2) is 7.94. The van der Waals surface area contributed by atoms with Crippen LogP contribution in [-0.4, -0.2) is 24.0 Å². The number of rotatable bonds is 5. The number of nitrogens with two attached hydrogens (primary N) is 1. The molecular formula is C17H26N3O2+. The maximum absolute atomic E-state index is 12.1. The number of hydrogen-bond donors (Lipinski definition) is 3. The summed E-state index contributed by atoms with van der Waals surface area (Å²) >= 11 is 0. The van der Waals surface area contributed by atoms with E-state index in [0.29, 0.717) is 0 Å². The molecule has 2 atom stereocenters. The van der Waals surface area contributed by atoms with Crippen molar-refractivity contribution in [3.8, 4) is 0 Å². The van der Waals surface area contributed by atoms with Gasteiger partial charge in [0, 0.05) is 11.6 Å². The number of carbonyl (C=O) groups is 2. The van der Waals surface area contributed by atoms with Crippen LogP contribution in [0.3, 0.4) is 0 Å². The van der Waals surface area contributed by atoms with Crippen molar-refractivity contribution in [2.45, 2.75) is 57.7 Å². The number of quaternary nitrogens is 1. The van der Waals surface area contributed by atoms with E-state index in [-0.39, 0.29) is 30.1 Å². The van der Waals surface area contributed by atoms with E-state index in [2.05, 4.69) is 17.6 Å². The molecule has 0 bridgehead atoms. The molecule has 1 aliphatic carbocycles. The Labute approximate surface area is 131 Å². The second-order valence-electron chi connectivity index (χ2n) is 6.12. The highest BCUT2D eigenvalue weighted by atomic mass is 16.2. The van der Waals surface area contributed by atoms with Crippen LogP contribution in [0.2, 0.25) is 0 Å². The number of imide groups is 1. The van der Waals surface area contributed by atoms with Crippen molar-refractivity contribution in [1.82, 2.24) is 10.6 Å². The first-order chi connectivity index (χ1) is 10.6. The minimum absolute atomic E-state index is 0.167. The van der Waals surface area contributed by atoms with Crippen LogP contribution in [0.5, 0.6) is 0 Å². The number of benzene rings is 1. The lowest BCUT2D eigenvalue weighted by molar-refractivity contribution is -0.710. The molecule has 1 fully saturated rings.